The lowest BCUT2D eigenvalue weighted by Gasteiger charge is -2.32. The van der Waals surface area contributed by atoms with E-state index in [9.17, 15) is 14.9 Å². The minimum absolute atomic E-state index is 0.198. The summed E-state index contributed by atoms with van der Waals surface area (Å²) in [7, 11) is 0. The Labute approximate surface area is 241 Å². The largest absolute Gasteiger partial charge is 0.345 e. The van der Waals surface area contributed by atoms with Crippen LogP contribution in [0, 0.1) is 16.7 Å². The number of piperidine rings is 1. The number of benzene rings is 1. The van der Waals surface area contributed by atoms with Crippen LogP contribution in [0.25, 0.3) is 32.2 Å². The molecule has 8 nitrogen and oxygen atoms in total. The van der Waals surface area contributed by atoms with Crippen LogP contribution >= 0.6 is 22.9 Å². The minimum Gasteiger partial charge on any atom is -0.345 e. The van der Waals surface area contributed by atoms with Crippen LogP contribution in [0.1, 0.15) is 17.7 Å². The van der Waals surface area contributed by atoms with Gasteiger partial charge < -0.3 is 9.88 Å². The average molecular weight is 573 g/mol. The van der Waals surface area contributed by atoms with Crippen LogP contribution < -0.4 is 5.32 Å². The maximum absolute atomic E-state index is 12.8. The van der Waals surface area contributed by atoms with Crippen molar-refractivity contribution in [1.82, 2.24) is 24.7 Å². The molecule has 0 unspecified atom stereocenters. The standard InChI is InChI=1S/C30H29ClN6O2S/c1-2-10-35-16-26(38)37(27(39)17-35)15-22-14-25-29(40-22)23(3-7-34-25)24-13-21(31)12-20-4-11-36(28(20)24)19-30(18-32)5-8-33-9-6-30/h2-4,7,11-14,33H,1,5-6,8-10,15-17,19H2. The zero-order chi connectivity index (χ0) is 27.9. The van der Waals surface area contributed by atoms with E-state index in [1.807, 2.05) is 30.5 Å². The van der Waals surface area contributed by atoms with E-state index in [0.29, 0.717) is 18.1 Å². The van der Waals surface area contributed by atoms with Crippen molar-refractivity contribution < 1.29 is 9.59 Å². The molecule has 2 amide bonds. The highest BCUT2D eigenvalue weighted by Gasteiger charge is 2.33. The van der Waals surface area contributed by atoms with Gasteiger partial charge in [-0.05, 0) is 56.3 Å². The van der Waals surface area contributed by atoms with Gasteiger partial charge in [0.15, 0.2) is 0 Å². The minimum atomic E-state index is -0.424. The fourth-order valence-electron chi connectivity index (χ4n) is 5.86. The summed E-state index contributed by atoms with van der Waals surface area (Å²) in [6, 6.07) is 12.5. The molecule has 0 aliphatic carbocycles. The molecule has 0 bridgehead atoms. The fourth-order valence-corrected chi connectivity index (χ4v) is 7.21. The quantitative estimate of drug-likeness (QED) is 0.252. The molecule has 2 aliphatic rings. The van der Waals surface area contributed by atoms with Gasteiger partial charge in [-0.15, -0.1) is 17.9 Å². The van der Waals surface area contributed by atoms with Crippen LogP contribution in [0.4, 0.5) is 0 Å². The van der Waals surface area contributed by atoms with E-state index in [1.165, 1.54) is 16.2 Å². The van der Waals surface area contributed by atoms with Crippen LogP contribution in [-0.4, -0.2) is 63.9 Å². The molecule has 0 saturated carbocycles. The molecule has 1 N–H and O–H groups in total. The van der Waals surface area contributed by atoms with Crippen LogP contribution in [0.2, 0.25) is 5.02 Å². The number of piperazine rings is 1. The maximum Gasteiger partial charge on any atom is 0.243 e. The Morgan fingerprint density at radius 3 is 2.65 bits per heavy atom. The number of nitriles is 1. The third-order valence-electron chi connectivity index (χ3n) is 7.87. The molecule has 40 heavy (non-hydrogen) atoms. The Balaban J connectivity index is 1.38. The van der Waals surface area contributed by atoms with Crippen molar-refractivity contribution in [2.24, 2.45) is 5.41 Å². The lowest BCUT2D eigenvalue weighted by Crippen LogP contribution is -2.53. The summed E-state index contributed by atoms with van der Waals surface area (Å²) < 4.78 is 3.16. The van der Waals surface area contributed by atoms with Gasteiger partial charge in [0, 0.05) is 51.9 Å². The first kappa shape index (κ1) is 26.7. The van der Waals surface area contributed by atoms with E-state index in [2.05, 4.69) is 33.6 Å². The second-order valence-corrected chi connectivity index (χ2v) is 12.2. The molecule has 2 saturated heterocycles. The third-order valence-corrected chi connectivity index (χ3v) is 9.23. The molecular weight excluding hydrogens is 544 g/mol. The number of fused-ring (bicyclic) bond motifs is 2. The maximum atomic E-state index is 12.8. The van der Waals surface area contributed by atoms with Crippen molar-refractivity contribution in [3.63, 3.8) is 0 Å². The molecule has 0 spiro atoms. The molecule has 10 heteroatoms. The number of rotatable bonds is 7. The number of imide groups is 1. The van der Waals surface area contributed by atoms with Crippen LogP contribution in [0.5, 0.6) is 0 Å². The Morgan fingerprint density at radius 2 is 1.93 bits per heavy atom. The normalized spacial score (nSPS) is 17.9. The van der Waals surface area contributed by atoms with Gasteiger partial charge in [-0.25, -0.2) is 0 Å². The number of pyridine rings is 1. The zero-order valence-corrected chi connectivity index (χ0v) is 23.6. The van der Waals surface area contributed by atoms with Gasteiger partial charge >= 0.3 is 0 Å². The van der Waals surface area contributed by atoms with Crippen molar-refractivity contribution >= 4 is 55.9 Å². The smallest absolute Gasteiger partial charge is 0.243 e. The van der Waals surface area contributed by atoms with Crippen LogP contribution in [0.15, 0.2) is 55.4 Å². The second kappa shape index (κ2) is 10.8. The van der Waals surface area contributed by atoms with Gasteiger partial charge in [-0.3, -0.25) is 24.4 Å². The van der Waals surface area contributed by atoms with Crippen molar-refractivity contribution in [2.75, 3.05) is 32.7 Å². The molecule has 5 heterocycles. The summed E-state index contributed by atoms with van der Waals surface area (Å²) in [5.41, 5.74) is 3.37. The Kier molecular flexibility index (Phi) is 7.19. The number of amides is 2. The molecule has 0 atom stereocenters. The molecule has 3 aromatic heterocycles. The number of thiophene rings is 1. The lowest BCUT2D eigenvalue weighted by atomic mass is 9.80. The van der Waals surface area contributed by atoms with Crippen molar-refractivity contribution in [3.05, 3.63) is 65.3 Å². The first-order chi connectivity index (χ1) is 19.4. The van der Waals surface area contributed by atoms with Gasteiger partial charge in [0.2, 0.25) is 11.8 Å². The van der Waals surface area contributed by atoms with Crippen molar-refractivity contribution in [1.29, 1.82) is 5.26 Å². The molecule has 2 fully saturated rings. The predicted octanol–water partition coefficient (Wildman–Crippen LogP) is 4.82. The van der Waals surface area contributed by atoms with E-state index in [-0.39, 0.29) is 31.4 Å². The number of aromatic nitrogens is 2. The summed E-state index contributed by atoms with van der Waals surface area (Å²) in [6.07, 6.45) is 7.14. The monoisotopic (exact) mass is 572 g/mol. The predicted molar refractivity (Wildman–Crippen MR) is 158 cm³/mol. The van der Waals surface area contributed by atoms with Crippen molar-refractivity contribution in [2.45, 2.75) is 25.9 Å². The number of halogens is 1. The fraction of sp³-hybridized carbons (Fsp3) is 0.333. The average Bonchev–Trinajstić information content (AvgIpc) is 3.54. The number of hydrogen-bond acceptors (Lipinski definition) is 7. The van der Waals surface area contributed by atoms with Crippen LogP contribution in [-0.2, 0) is 22.7 Å². The highest BCUT2D eigenvalue weighted by Crippen LogP contribution is 2.41. The van der Waals surface area contributed by atoms with Gasteiger partial charge in [-0.1, -0.05) is 17.7 Å². The van der Waals surface area contributed by atoms with E-state index in [4.69, 9.17) is 11.6 Å². The van der Waals surface area contributed by atoms with Gasteiger partial charge in [0.05, 0.1) is 46.9 Å². The first-order valence-corrected chi connectivity index (χ1v) is 14.5. The highest BCUT2D eigenvalue weighted by molar-refractivity contribution is 7.19. The molecule has 204 valence electrons. The topological polar surface area (TPSA) is 94.3 Å². The number of nitrogens with zero attached hydrogens (tertiary/aromatic N) is 5. The molecule has 4 aromatic rings. The second-order valence-electron chi connectivity index (χ2n) is 10.6. The number of carbonyl (C=O) groups excluding carboxylic acids is 2. The van der Waals surface area contributed by atoms with Gasteiger partial charge in [0.1, 0.15) is 0 Å². The number of nitrogens with one attached hydrogen (secondary N) is 1. The van der Waals surface area contributed by atoms with Crippen molar-refractivity contribution in [3.8, 4) is 17.2 Å². The van der Waals surface area contributed by atoms with E-state index in [0.717, 1.165) is 63.1 Å². The summed E-state index contributed by atoms with van der Waals surface area (Å²) >= 11 is 8.15. The summed E-state index contributed by atoms with van der Waals surface area (Å²) in [5, 5.41) is 15.1. The third kappa shape index (κ3) is 4.93. The number of carbonyl (C=O) groups is 2. The van der Waals surface area contributed by atoms with Gasteiger partial charge in [0.25, 0.3) is 0 Å². The Hall–Kier alpha value is -3.55. The number of hydrogen-bond donors (Lipinski definition) is 1. The summed E-state index contributed by atoms with van der Waals surface area (Å²) in [4.78, 5) is 34.2. The molecule has 1 aromatic carbocycles. The molecule has 2 aliphatic heterocycles. The molecular formula is C30H29ClN6O2S. The van der Waals surface area contributed by atoms with Gasteiger partial charge in [-0.2, -0.15) is 5.26 Å². The lowest BCUT2D eigenvalue weighted by molar-refractivity contribution is -0.151. The first-order valence-electron chi connectivity index (χ1n) is 13.3. The van der Waals surface area contributed by atoms with E-state index < -0.39 is 5.41 Å². The van der Waals surface area contributed by atoms with E-state index in [1.54, 1.807) is 17.2 Å². The SMILES string of the molecule is C=CCN1CC(=O)N(Cc2cc3nccc(-c4cc(Cl)cc5ccn(CC6(C#N)CCNCC6)c45)c3s2)C(=O)C1. The van der Waals surface area contributed by atoms with E-state index >= 15 is 0 Å². The summed E-state index contributed by atoms with van der Waals surface area (Å²) in [6.45, 7) is 7.10. The van der Waals surface area contributed by atoms with Crippen LogP contribution in [0.3, 0.4) is 0 Å². The highest BCUT2D eigenvalue weighted by atomic mass is 35.5. The Bertz CT molecular complexity index is 1660. The molecule has 6 rings (SSSR count). The summed E-state index contributed by atoms with van der Waals surface area (Å²) in [5.74, 6) is -0.412. The Morgan fingerprint density at radius 1 is 1.15 bits per heavy atom. The molecule has 0 radical (unpaired) electrons. The zero-order valence-electron chi connectivity index (χ0n) is 22.0.